The van der Waals surface area contributed by atoms with Crippen LogP contribution >= 0.6 is 0 Å². The average molecular weight is 441 g/mol. The van der Waals surface area contributed by atoms with E-state index >= 15 is 0 Å². The first-order valence-electron chi connectivity index (χ1n) is 10.7. The van der Waals surface area contributed by atoms with E-state index < -0.39 is 10.0 Å². The minimum absolute atomic E-state index is 0.177. The van der Waals surface area contributed by atoms with Crippen LogP contribution in [0, 0.1) is 0 Å². The van der Waals surface area contributed by atoms with Gasteiger partial charge in [0.05, 0.1) is 17.6 Å². The Hall–Kier alpha value is -2.64. The number of hydrogen-bond acceptors (Lipinski definition) is 4. The molecule has 2 aromatic carbocycles. The summed E-state index contributed by atoms with van der Waals surface area (Å²) in [6.07, 6.45) is 4.68. The van der Waals surface area contributed by atoms with Crippen LogP contribution in [0.4, 0.5) is 5.69 Å². The maximum absolute atomic E-state index is 12.8. The van der Waals surface area contributed by atoms with E-state index in [9.17, 15) is 13.2 Å². The smallest absolute Gasteiger partial charge is 0.243 e. The first-order chi connectivity index (χ1) is 14.8. The number of benzene rings is 2. The van der Waals surface area contributed by atoms with Crippen LogP contribution in [0.1, 0.15) is 50.2 Å². The molecule has 1 saturated heterocycles. The third-order valence-corrected chi connectivity index (χ3v) is 7.70. The second-order valence-corrected chi connectivity index (χ2v) is 10.3. The number of hydrogen-bond donors (Lipinski definition) is 1. The molecule has 0 saturated carbocycles. The van der Waals surface area contributed by atoms with Crippen molar-refractivity contribution in [2.24, 2.45) is 0 Å². The highest BCUT2D eigenvalue weighted by Gasteiger charge is 2.25. The molecule has 2 heterocycles. The first-order valence-corrected chi connectivity index (χ1v) is 12.2. The van der Waals surface area contributed by atoms with Gasteiger partial charge in [-0.05, 0) is 60.7 Å². The van der Waals surface area contributed by atoms with Crippen molar-refractivity contribution in [1.29, 1.82) is 0 Å². The van der Waals surface area contributed by atoms with Crippen molar-refractivity contribution >= 4 is 32.6 Å². The molecule has 164 valence electrons. The molecule has 6 nitrogen and oxygen atoms in total. The summed E-state index contributed by atoms with van der Waals surface area (Å²) in [5.74, 6) is 0.213. The number of carbonyl (C=O) groups is 1. The average Bonchev–Trinajstić information content (AvgIpc) is 3.16. The predicted octanol–water partition coefficient (Wildman–Crippen LogP) is 4.91. The standard InChI is InChI=1S/C24H28N2O4S/c1-17(2)18-6-11-23-22(14-18)19(16-30-23)15-24(27)25-20-7-9-21(10-8-20)31(28,29)26-12-4-3-5-13-26/h6-11,14,16-17H,3-5,12-13,15H2,1-2H3,(H,25,27). The lowest BCUT2D eigenvalue weighted by Gasteiger charge is -2.25. The molecule has 1 aliphatic rings. The Kier molecular flexibility index (Phi) is 6.16. The van der Waals surface area contributed by atoms with Crippen molar-refractivity contribution in [3.8, 4) is 0 Å². The van der Waals surface area contributed by atoms with Crippen LogP contribution in [0.25, 0.3) is 11.0 Å². The summed E-state index contributed by atoms with van der Waals surface area (Å²) in [4.78, 5) is 12.9. The molecular weight excluding hydrogens is 412 g/mol. The third-order valence-electron chi connectivity index (χ3n) is 5.79. The van der Waals surface area contributed by atoms with Gasteiger partial charge >= 0.3 is 0 Å². The van der Waals surface area contributed by atoms with Crippen LogP contribution in [-0.2, 0) is 21.2 Å². The van der Waals surface area contributed by atoms with E-state index in [1.54, 1.807) is 34.8 Å². The normalized spacial score (nSPS) is 15.5. The quantitative estimate of drug-likeness (QED) is 0.590. The van der Waals surface area contributed by atoms with Crippen molar-refractivity contribution in [2.45, 2.75) is 50.3 Å². The maximum Gasteiger partial charge on any atom is 0.243 e. The molecule has 1 aliphatic heterocycles. The Morgan fingerprint density at radius 1 is 1.06 bits per heavy atom. The van der Waals surface area contributed by atoms with E-state index in [0.717, 1.165) is 35.8 Å². The van der Waals surface area contributed by atoms with Gasteiger partial charge in [-0.3, -0.25) is 4.79 Å². The molecule has 0 radical (unpaired) electrons. The highest BCUT2D eigenvalue weighted by molar-refractivity contribution is 7.89. The summed E-state index contributed by atoms with van der Waals surface area (Å²) in [7, 11) is -3.48. The number of nitrogens with zero attached hydrogens (tertiary/aromatic N) is 1. The van der Waals surface area contributed by atoms with Gasteiger partial charge in [-0.25, -0.2) is 8.42 Å². The number of nitrogens with one attached hydrogen (secondary N) is 1. The Bertz CT molecular complexity index is 1170. The number of anilines is 1. The Balaban J connectivity index is 1.44. The molecule has 1 amide bonds. The topological polar surface area (TPSA) is 79.6 Å². The fraction of sp³-hybridized carbons (Fsp3) is 0.375. The predicted molar refractivity (Wildman–Crippen MR) is 122 cm³/mol. The number of amides is 1. The summed E-state index contributed by atoms with van der Waals surface area (Å²) >= 11 is 0. The fourth-order valence-electron chi connectivity index (χ4n) is 3.94. The molecule has 0 unspecified atom stereocenters. The molecule has 0 atom stereocenters. The van der Waals surface area contributed by atoms with Crippen molar-refractivity contribution in [3.05, 3.63) is 59.9 Å². The van der Waals surface area contributed by atoms with Crippen LogP contribution in [0.5, 0.6) is 0 Å². The number of fused-ring (bicyclic) bond motifs is 1. The molecule has 0 aliphatic carbocycles. The van der Waals surface area contributed by atoms with Crippen LogP contribution in [0.3, 0.4) is 0 Å². The molecule has 1 fully saturated rings. The van der Waals surface area contributed by atoms with Crippen LogP contribution in [0.2, 0.25) is 0 Å². The number of carbonyl (C=O) groups excluding carboxylic acids is 1. The number of rotatable bonds is 6. The zero-order chi connectivity index (χ0) is 22.0. The molecule has 7 heteroatoms. The number of furan rings is 1. The molecule has 31 heavy (non-hydrogen) atoms. The largest absolute Gasteiger partial charge is 0.464 e. The van der Waals surface area contributed by atoms with E-state index in [0.29, 0.717) is 24.7 Å². The first kappa shape index (κ1) is 21.6. The summed E-state index contributed by atoms with van der Waals surface area (Å²) < 4.78 is 32.7. The van der Waals surface area contributed by atoms with E-state index in [4.69, 9.17) is 4.42 Å². The monoisotopic (exact) mass is 440 g/mol. The zero-order valence-corrected chi connectivity index (χ0v) is 18.7. The van der Waals surface area contributed by atoms with E-state index in [1.807, 2.05) is 12.1 Å². The molecule has 3 aromatic rings. The number of piperidine rings is 1. The van der Waals surface area contributed by atoms with Crippen LogP contribution in [-0.4, -0.2) is 31.7 Å². The Morgan fingerprint density at radius 3 is 2.45 bits per heavy atom. The van der Waals surface area contributed by atoms with Gasteiger partial charge in [0.25, 0.3) is 0 Å². The van der Waals surface area contributed by atoms with Gasteiger partial charge in [0.2, 0.25) is 15.9 Å². The minimum Gasteiger partial charge on any atom is -0.464 e. The molecule has 1 aromatic heterocycles. The summed E-state index contributed by atoms with van der Waals surface area (Å²) in [6, 6.07) is 12.4. The second-order valence-electron chi connectivity index (χ2n) is 8.39. The molecule has 0 bridgehead atoms. The molecule has 1 N–H and O–H groups in total. The lowest BCUT2D eigenvalue weighted by molar-refractivity contribution is -0.115. The SMILES string of the molecule is CC(C)c1ccc2occ(CC(=O)Nc3ccc(S(=O)(=O)N4CCCCC4)cc3)c2c1. The van der Waals surface area contributed by atoms with Crippen LogP contribution in [0.15, 0.2) is 58.0 Å². The Morgan fingerprint density at radius 2 is 1.77 bits per heavy atom. The van der Waals surface area contributed by atoms with Gasteiger partial charge in [0.15, 0.2) is 0 Å². The molecule has 0 spiro atoms. The second kappa shape index (κ2) is 8.85. The van der Waals surface area contributed by atoms with Gasteiger partial charge in [-0.15, -0.1) is 0 Å². The lowest BCUT2D eigenvalue weighted by atomic mass is 10.00. The summed E-state index contributed by atoms with van der Waals surface area (Å²) in [5.41, 5.74) is 3.36. The summed E-state index contributed by atoms with van der Waals surface area (Å²) in [5, 5.41) is 3.80. The van der Waals surface area contributed by atoms with Crippen molar-refractivity contribution in [3.63, 3.8) is 0 Å². The highest BCUT2D eigenvalue weighted by Crippen LogP contribution is 2.27. The van der Waals surface area contributed by atoms with E-state index in [-0.39, 0.29) is 17.2 Å². The third kappa shape index (κ3) is 4.67. The van der Waals surface area contributed by atoms with Crippen molar-refractivity contribution in [1.82, 2.24) is 4.31 Å². The number of sulfonamides is 1. The zero-order valence-electron chi connectivity index (χ0n) is 17.9. The van der Waals surface area contributed by atoms with Gasteiger partial charge in [-0.2, -0.15) is 4.31 Å². The van der Waals surface area contributed by atoms with E-state index in [2.05, 4.69) is 25.2 Å². The lowest BCUT2D eigenvalue weighted by Crippen LogP contribution is -2.35. The Labute approximate surface area is 183 Å². The van der Waals surface area contributed by atoms with Gasteiger partial charge in [-0.1, -0.05) is 26.3 Å². The maximum atomic E-state index is 12.8. The minimum atomic E-state index is -3.48. The van der Waals surface area contributed by atoms with Crippen LogP contribution < -0.4 is 5.32 Å². The van der Waals surface area contributed by atoms with E-state index in [1.165, 1.54) is 5.56 Å². The van der Waals surface area contributed by atoms with Crippen molar-refractivity contribution in [2.75, 3.05) is 18.4 Å². The summed E-state index contributed by atoms with van der Waals surface area (Å²) in [6.45, 7) is 5.39. The fourth-order valence-corrected chi connectivity index (χ4v) is 5.46. The van der Waals surface area contributed by atoms with Gasteiger partial charge in [0.1, 0.15) is 5.58 Å². The van der Waals surface area contributed by atoms with Gasteiger partial charge in [0, 0.05) is 29.7 Å². The molecular formula is C24H28N2O4S. The highest BCUT2D eigenvalue weighted by atomic mass is 32.2. The van der Waals surface area contributed by atoms with Crippen molar-refractivity contribution < 1.29 is 17.6 Å². The molecule has 4 rings (SSSR count). The van der Waals surface area contributed by atoms with Gasteiger partial charge < -0.3 is 9.73 Å².